The third-order valence-electron chi connectivity index (χ3n) is 1.03. The van der Waals surface area contributed by atoms with Crippen molar-refractivity contribution in [1.29, 1.82) is 0 Å². The number of hydrogen-bond donors (Lipinski definition) is 0. The largest absolute Gasteiger partial charge is 0.290 e. The van der Waals surface area contributed by atoms with Crippen molar-refractivity contribution in [1.82, 2.24) is 0 Å². The first-order valence-electron chi connectivity index (χ1n) is 3.48. The Bertz CT molecular complexity index is 198. The highest BCUT2D eigenvalue weighted by atomic mass is 19.1. The van der Waals surface area contributed by atoms with E-state index in [1.165, 1.54) is 12.2 Å². The first kappa shape index (κ1) is 10.1. The Hall–Kier alpha value is -0.920. The van der Waals surface area contributed by atoms with Gasteiger partial charge in [0.25, 0.3) is 0 Å². The summed E-state index contributed by atoms with van der Waals surface area (Å²) in [6.45, 7) is 4.70. The predicted molar refractivity (Wildman–Crippen MR) is 44.2 cm³/mol. The second-order valence-electron chi connectivity index (χ2n) is 2.75. The number of hydrogen-bond acceptors (Lipinski definition) is 1. The average Bonchev–Trinajstić information content (AvgIpc) is 1.85. The van der Waals surface area contributed by atoms with E-state index in [0.717, 1.165) is 5.57 Å². The fraction of sp³-hybridized carbons (Fsp3) is 0.444. The quantitative estimate of drug-likeness (QED) is 0.573. The normalized spacial score (nSPS) is 11.1. The van der Waals surface area contributed by atoms with Gasteiger partial charge in [0.2, 0.25) is 0 Å². The summed E-state index contributed by atoms with van der Waals surface area (Å²) in [4.78, 5) is 10.9. The van der Waals surface area contributed by atoms with Gasteiger partial charge in [-0.25, -0.2) is 4.39 Å². The van der Waals surface area contributed by atoms with Crippen LogP contribution in [-0.4, -0.2) is 12.5 Å². The van der Waals surface area contributed by atoms with E-state index in [1.54, 1.807) is 6.92 Å². The van der Waals surface area contributed by atoms with Crippen molar-refractivity contribution in [2.24, 2.45) is 0 Å². The van der Waals surface area contributed by atoms with E-state index in [1.807, 2.05) is 13.8 Å². The third kappa shape index (κ3) is 5.52. The summed E-state index contributed by atoms with van der Waals surface area (Å²) < 4.78 is 11.8. The van der Waals surface area contributed by atoms with Gasteiger partial charge >= 0.3 is 0 Å². The fourth-order valence-electron chi connectivity index (χ4n) is 0.608. The minimum absolute atomic E-state index is 0.139. The van der Waals surface area contributed by atoms with Crippen molar-refractivity contribution in [3.05, 3.63) is 23.3 Å². The van der Waals surface area contributed by atoms with E-state index in [0.29, 0.717) is 5.57 Å². The Kier molecular flexibility index (Phi) is 4.42. The van der Waals surface area contributed by atoms with Gasteiger partial charge in [0, 0.05) is 0 Å². The molecular weight excluding hydrogens is 143 g/mol. The number of alkyl halides is 1. The van der Waals surface area contributed by atoms with Crippen LogP contribution in [0.4, 0.5) is 4.39 Å². The van der Waals surface area contributed by atoms with Crippen LogP contribution < -0.4 is 0 Å². The molecular formula is C9H13FO. The molecule has 0 aliphatic carbocycles. The molecule has 11 heavy (non-hydrogen) atoms. The number of halogens is 1. The van der Waals surface area contributed by atoms with Crippen LogP contribution in [0.2, 0.25) is 0 Å². The summed E-state index contributed by atoms with van der Waals surface area (Å²) in [6, 6.07) is 0. The number of rotatable bonds is 3. The lowest BCUT2D eigenvalue weighted by atomic mass is 10.2. The molecule has 0 radical (unpaired) electrons. The van der Waals surface area contributed by atoms with Crippen molar-refractivity contribution in [2.45, 2.75) is 20.8 Å². The SMILES string of the molecule is CC(C)=CC(=O)C=C(C)CF. The van der Waals surface area contributed by atoms with Crippen LogP contribution in [0.1, 0.15) is 20.8 Å². The van der Waals surface area contributed by atoms with Crippen LogP contribution in [0.3, 0.4) is 0 Å². The highest BCUT2D eigenvalue weighted by Crippen LogP contribution is 1.96. The Morgan fingerprint density at radius 3 is 2.18 bits per heavy atom. The van der Waals surface area contributed by atoms with Crippen LogP contribution >= 0.6 is 0 Å². The Labute approximate surface area is 66.6 Å². The first-order chi connectivity index (χ1) is 5.06. The molecule has 0 atom stereocenters. The summed E-state index contributed by atoms with van der Waals surface area (Å²) in [6.07, 6.45) is 2.80. The lowest BCUT2D eigenvalue weighted by Gasteiger charge is -1.90. The Morgan fingerprint density at radius 1 is 1.27 bits per heavy atom. The summed E-state index contributed by atoms with van der Waals surface area (Å²) in [5.41, 5.74) is 1.39. The van der Waals surface area contributed by atoms with E-state index < -0.39 is 6.67 Å². The van der Waals surface area contributed by atoms with Gasteiger partial charge in [-0.1, -0.05) is 5.57 Å². The molecule has 0 heterocycles. The zero-order chi connectivity index (χ0) is 8.85. The van der Waals surface area contributed by atoms with Crippen molar-refractivity contribution in [3.63, 3.8) is 0 Å². The monoisotopic (exact) mass is 156 g/mol. The molecule has 0 spiro atoms. The predicted octanol–water partition coefficient (Wildman–Crippen LogP) is 2.44. The molecule has 0 saturated carbocycles. The molecule has 0 N–H and O–H groups in total. The van der Waals surface area contributed by atoms with Gasteiger partial charge in [-0.2, -0.15) is 0 Å². The van der Waals surface area contributed by atoms with Gasteiger partial charge in [-0.05, 0) is 38.5 Å². The maximum atomic E-state index is 11.8. The van der Waals surface area contributed by atoms with Gasteiger partial charge in [0.1, 0.15) is 6.67 Å². The molecule has 1 nitrogen and oxygen atoms in total. The molecule has 0 aromatic rings. The number of carbonyl (C=O) groups excluding carboxylic acids is 1. The van der Waals surface area contributed by atoms with Crippen molar-refractivity contribution >= 4 is 5.78 Å². The average molecular weight is 156 g/mol. The van der Waals surface area contributed by atoms with Gasteiger partial charge in [-0.3, -0.25) is 4.79 Å². The van der Waals surface area contributed by atoms with E-state index in [-0.39, 0.29) is 5.78 Å². The lowest BCUT2D eigenvalue weighted by molar-refractivity contribution is -0.110. The molecule has 0 bridgehead atoms. The van der Waals surface area contributed by atoms with E-state index in [4.69, 9.17) is 0 Å². The fourth-order valence-corrected chi connectivity index (χ4v) is 0.608. The van der Waals surface area contributed by atoms with Crippen LogP contribution in [0.25, 0.3) is 0 Å². The maximum absolute atomic E-state index is 11.8. The molecule has 0 amide bonds. The first-order valence-corrected chi connectivity index (χ1v) is 3.48. The summed E-state index contributed by atoms with van der Waals surface area (Å²) in [5, 5.41) is 0. The highest BCUT2D eigenvalue weighted by molar-refractivity contribution is 6.00. The van der Waals surface area contributed by atoms with Gasteiger partial charge in [0.15, 0.2) is 5.78 Å². The third-order valence-corrected chi connectivity index (χ3v) is 1.03. The molecule has 0 aliphatic heterocycles. The second kappa shape index (κ2) is 4.83. The summed E-state index contributed by atoms with van der Waals surface area (Å²) >= 11 is 0. The van der Waals surface area contributed by atoms with Crippen LogP contribution in [-0.2, 0) is 4.79 Å². The molecule has 0 rings (SSSR count). The maximum Gasteiger partial charge on any atom is 0.178 e. The van der Waals surface area contributed by atoms with Crippen LogP contribution in [0.5, 0.6) is 0 Å². The van der Waals surface area contributed by atoms with Crippen molar-refractivity contribution in [3.8, 4) is 0 Å². The standard InChI is InChI=1S/C9H13FO/c1-7(2)4-9(11)5-8(3)6-10/h4-5H,6H2,1-3H3. The minimum atomic E-state index is -0.553. The van der Waals surface area contributed by atoms with Crippen molar-refractivity contribution in [2.75, 3.05) is 6.67 Å². The number of ketones is 1. The lowest BCUT2D eigenvalue weighted by Crippen LogP contribution is -1.90. The van der Waals surface area contributed by atoms with Crippen molar-refractivity contribution < 1.29 is 9.18 Å². The molecule has 0 aliphatic rings. The minimum Gasteiger partial charge on any atom is -0.290 e. The smallest absolute Gasteiger partial charge is 0.178 e. The second-order valence-corrected chi connectivity index (χ2v) is 2.75. The van der Waals surface area contributed by atoms with Gasteiger partial charge < -0.3 is 0 Å². The zero-order valence-electron chi connectivity index (χ0n) is 7.15. The molecule has 2 heteroatoms. The van der Waals surface area contributed by atoms with Gasteiger partial charge in [-0.15, -0.1) is 0 Å². The zero-order valence-corrected chi connectivity index (χ0v) is 7.15. The molecule has 62 valence electrons. The highest BCUT2D eigenvalue weighted by Gasteiger charge is 1.93. The summed E-state index contributed by atoms with van der Waals surface area (Å²) in [7, 11) is 0. The number of carbonyl (C=O) groups is 1. The van der Waals surface area contributed by atoms with Gasteiger partial charge in [0.05, 0.1) is 0 Å². The molecule has 0 fully saturated rings. The van der Waals surface area contributed by atoms with Crippen LogP contribution in [0.15, 0.2) is 23.3 Å². The summed E-state index contributed by atoms with van der Waals surface area (Å²) in [5.74, 6) is -0.139. The molecule has 0 saturated heterocycles. The van der Waals surface area contributed by atoms with E-state index in [9.17, 15) is 9.18 Å². The van der Waals surface area contributed by atoms with E-state index >= 15 is 0 Å². The topological polar surface area (TPSA) is 17.1 Å². The van der Waals surface area contributed by atoms with Crippen LogP contribution in [0, 0.1) is 0 Å². The van der Waals surface area contributed by atoms with E-state index in [2.05, 4.69) is 0 Å². The Balaban J connectivity index is 4.19. The molecule has 0 aromatic carbocycles. The molecule has 0 aromatic heterocycles. The number of allylic oxidation sites excluding steroid dienone is 4. The molecule has 0 unspecified atom stereocenters. The Morgan fingerprint density at radius 2 is 1.82 bits per heavy atom.